The summed E-state index contributed by atoms with van der Waals surface area (Å²) in [6.45, 7) is 4.26. The van der Waals surface area contributed by atoms with Crippen molar-refractivity contribution >= 4 is 11.6 Å². The molecule has 0 aliphatic heterocycles. The van der Waals surface area contributed by atoms with Gasteiger partial charge in [0.15, 0.2) is 0 Å². The van der Waals surface area contributed by atoms with Gasteiger partial charge in [-0.25, -0.2) is 0 Å². The minimum Gasteiger partial charge on any atom is -0.123 e. The van der Waals surface area contributed by atoms with E-state index in [0.717, 1.165) is 0 Å². The Morgan fingerprint density at radius 1 is 1.38 bits per heavy atom. The maximum Gasteiger partial charge on any atom is 0.0307 e. The minimum atomic E-state index is 0.376. The lowest BCUT2D eigenvalue weighted by molar-refractivity contribution is 0.660. The van der Waals surface area contributed by atoms with Crippen LogP contribution in [0.25, 0.3) is 0 Å². The van der Waals surface area contributed by atoms with Gasteiger partial charge in [-0.2, -0.15) is 0 Å². The molecule has 0 fully saturated rings. The van der Waals surface area contributed by atoms with E-state index in [1.165, 1.54) is 25.7 Å². The van der Waals surface area contributed by atoms with E-state index in [1.807, 2.05) is 0 Å². The van der Waals surface area contributed by atoms with Crippen LogP contribution in [0, 0.1) is 0 Å². The summed E-state index contributed by atoms with van der Waals surface area (Å²) in [7, 11) is 0. The molecule has 0 aromatic carbocycles. The van der Waals surface area contributed by atoms with Gasteiger partial charge in [-0.15, -0.1) is 11.6 Å². The van der Waals surface area contributed by atoms with Gasteiger partial charge in [0.05, 0.1) is 0 Å². The van der Waals surface area contributed by atoms with Crippen molar-refractivity contribution in [1.82, 2.24) is 0 Å². The van der Waals surface area contributed by atoms with Crippen LogP contribution in [0.3, 0.4) is 0 Å². The second kappa shape index (κ2) is 5.43. The highest BCUT2D eigenvalue weighted by Crippen LogP contribution is 2.06. The number of unbranched alkanes of at least 4 members (excludes halogenated alkanes) is 2. The van der Waals surface area contributed by atoms with E-state index in [9.17, 15) is 0 Å². The Morgan fingerprint density at radius 3 is 2.38 bits per heavy atom. The maximum absolute atomic E-state index is 5.71. The van der Waals surface area contributed by atoms with Gasteiger partial charge in [-0.05, 0) is 13.3 Å². The van der Waals surface area contributed by atoms with Crippen molar-refractivity contribution in [1.29, 1.82) is 0 Å². The van der Waals surface area contributed by atoms with Crippen molar-refractivity contribution in [3.63, 3.8) is 0 Å². The van der Waals surface area contributed by atoms with Crippen LogP contribution in [0.4, 0.5) is 0 Å². The van der Waals surface area contributed by atoms with Gasteiger partial charge in [0.25, 0.3) is 0 Å². The fraction of sp³-hybridized carbons (Fsp3) is 1.00. The summed E-state index contributed by atoms with van der Waals surface area (Å²) in [6, 6.07) is 0. The molecule has 8 heavy (non-hydrogen) atoms. The average Bonchev–Trinajstić information content (AvgIpc) is 1.66. The first kappa shape index (κ1) is 8.29. The monoisotopic (exact) mass is 134 g/mol. The molecule has 0 aliphatic rings. The molecule has 50 valence electrons. The number of alkyl halides is 1. The van der Waals surface area contributed by atoms with E-state index in [4.69, 9.17) is 11.6 Å². The SMILES string of the molecule is CCCCC[C@H](C)Cl. The molecule has 1 atom stereocenters. The third-order valence-corrected chi connectivity index (χ3v) is 1.42. The summed E-state index contributed by atoms with van der Waals surface area (Å²) in [6.07, 6.45) is 5.09. The van der Waals surface area contributed by atoms with Gasteiger partial charge in [0.1, 0.15) is 0 Å². The third kappa shape index (κ3) is 6.29. The Bertz CT molecular complexity index is 41.7. The normalized spacial score (nSPS) is 13.9. The molecule has 0 spiro atoms. The predicted molar refractivity (Wildman–Crippen MR) is 39.5 cm³/mol. The molecule has 0 amide bonds. The molecular weight excluding hydrogens is 120 g/mol. The Labute approximate surface area is 57.2 Å². The van der Waals surface area contributed by atoms with Gasteiger partial charge in [0, 0.05) is 5.38 Å². The topological polar surface area (TPSA) is 0 Å². The summed E-state index contributed by atoms with van der Waals surface area (Å²) >= 11 is 5.71. The van der Waals surface area contributed by atoms with Gasteiger partial charge in [0.2, 0.25) is 0 Å². The van der Waals surface area contributed by atoms with E-state index in [2.05, 4.69) is 13.8 Å². The van der Waals surface area contributed by atoms with Crippen molar-refractivity contribution in [3.05, 3.63) is 0 Å². The highest BCUT2D eigenvalue weighted by molar-refractivity contribution is 6.20. The molecule has 0 aliphatic carbocycles. The fourth-order valence-electron chi connectivity index (χ4n) is 0.676. The minimum absolute atomic E-state index is 0.376. The van der Waals surface area contributed by atoms with Crippen molar-refractivity contribution in [3.8, 4) is 0 Å². The molecule has 0 aromatic rings. The first-order valence-corrected chi connectivity index (χ1v) is 3.85. The fourth-order valence-corrected chi connectivity index (χ4v) is 0.830. The van der Waals surface area contributed by atoms with Crippen LogP contribution in [0.5, 0.6) is 0 Å². The van der Waals surface area contributed by atoms with E-state index in [-0.39, 0.29) is 0 Å². The largest absolute Gasteiger partial charge is 0.123 e. The van der Waals surface area contributed by atoms with E-state index < -0.39 is 0 Å². The third-order valence-electron chi connectivity index (χ3n) is 1.21. The lowest BCUT2D eigenvalue weighted by atomic mass is 10.2. The Kier molecular flexibility index (Phi) is 5.62. The Hall–Kier alpha value is 0.290. The summed E-state index contributed by atoms with van der Waals surface area (Å²) in [5, 5.41) is 0.376. The summed E-state index contributed by atoms with van der Waals surface area (Å²) in [4.78, 5) is 0. The van der Waals surface area contributed by atoms with E-state index in [1.54, 1.807) is 0 Å². The number of hydrogen-bond acceptors (Lipinski definition) is 0. The zero-order valence-electron chi connectivity index (χ0n) is 5.78. The maximum atomic E-state index is 5.71. The number of halogens is 1. The number of rotatable bonds is 4. The van der Waals surface area contributed by atoms with Crippen molar-refractivity contribution < 1.29 is 0 Å². The molecule has 0 unspecified atom stereocenters. The number of hydrogen-bond donors (Lipinski definition) is 0. The van der Waals surface area contributed by atoms with E-state index in [0.29, 0.717) is 5.38 Å². The molecule has 0 radical (unpaired) electrons. The highest BCUT2D eigenvalue weighted by atomic mass is 35.5. The van der Waals surface area contributed by atoms with Crippen LogP contribution < -0.4 is 0 Å². The zero-order valence-corrected chi connectivity index (χ0v) is 6.54. The molecule has 1 heteroatoms. The Balaban J connectivity index is 2.72. The van der Waals surface area contributed by atoms with E-state index >= 15 is 0 Å². The van der Waals surface area contributed by atoms with Gasteiger partial charge in [-0.1, -0.05) is 26.2 Å². The predicted octanol–water partition coefficient (Wildman–Crippen LogP) is 3.19. The summed E-state index contributed by atoms with van der Waals surface area (Å²) in [5.41, 5.74) is 0. The first-order chi connectivity index (χ1) is 3.77. The molecule has 0 N–H and O–H groups in total. The first-order valence-electron chi connectivity index (χ1n) is 3.41. The van der Waals surface area contributed by atoms with Gasteiger partial charge in [-0.3, -0.25) is 0 Å². The van der Waals surface area contributed by atoms with Crippen LogP contribution in [-0.2, 0) is 0 Å². The Morgan fingerprint density at radius 2 is 2.00 bits per heavy atom. The van der Waals surface area contributed by atoms with Gasteiger partial charge >= 0.3 is 0 Å². The molecule has 0 heterocycles. The smallest absolute Gasteiger partial charge is 0.0307 e. The van der Waals surface area contributed by atoms with Crippen molar-refractivity contribution in [2.24, 2.45) is 0 Å². The lowest BCUT2D eigenvalue weighted by Crippen LogP contribution is -1.88. The summed E-state index contributed by atoms with van der Waals surface area (Å²) < 4.78 is 0. The molecule has 0 rings (SSSR count). The second-order valence-electron chi connectivity index (χ2n) is 2.28. The van der Waals surface area contributed by atoms with Crippen LogP contribution in [0.2, 0.25) is 0 Å². The quantitative estimate of drug-likeness (QED) is 0.409. The molecular formula is C7H15Cl. The van der Waals surface area contributed by atoms with Crippen LogP contribution in [0.1, 0.15) is 39.5 Å². The molecule has 0 bridgehead atoms. The standard InChI is InChI=1S/C7H15Cl/c1-3-4-5-6-7(2)8/h7H,3-6H2,1-2H3/t7-/m0/s1. The summed E-state index contributed by atoms with van der Waals surface area (Å²) in [5.74, 6) is 0. The van der Waals surface area contributed by atoms with Crippen molar-refractivity contribution in [2.75, 3.05) is 0 Å². The molecule has 0 nitrogen and oxygen atoms in total. The molecule has 0 aromatic heterocycles. The van der Waals surface area contributed by atoms with Crippen LogP contribution in [0.15, 0.2) is 0 Å². The van der Waals surface area contributed by atoms with Crippen molar-refractivity contribution in [2.45, 2.75) is 44.9 Å². The average molecular weight is 135 g/mol. The molecule has 0 saturated heterocycles. The lowest BCUT2D eigenvalue weighted by Gasteiger charge is -1.98. The zero-order chi connectivity index (χ0) is 6.41. The van der Waals surface area contributed by atoms with Gasteiger partial charge < -0.3 is 0 Å². The highest BCUT2D eigenvalue weighted by Gasteiger charge is 1.92. The van der Waals surface area contributed by atoms with Crippen LogP contribution >= 0.6 is 11.6 Å². The molecule has 0 saturated carbocycles. The van der Waals surface area contributed by atoms with Crippen LogP contribution in [-0.4, -0.2) is 5.38 Å². The second-order valence-corrected chi connectivity index (χ2v) is 3.02.